The molecule has 1 amide bonds. The van der Waals surface area contributed by atoms with Gasteiger partial charge in [-0.15, -0.1) is 0 Å². The van der Waals surface area contributed by atoms with Crippen LogP contribution in [0.4, 0.5) is 0 Å². The Bertz CT molecular complexity index is 182. The first-order valence-electron chi connectivity index (χ1n) is 6.08. The van der Waals surface area contributed by atoms with E-state index in [4.69, 9.17) is 5.73 Å². The van der Waals surface area contributed by atoms with Crippen LogP contribution in [0.3, 0.4) is 0 Å². The van der Waals surface area contributed by atoms with Crippen molar-refractivity contribution >= 4 is 5.91 Å². The van der Waals surface area contributed by atoms with Crippen molar-refractivity contribution in [3.05, 3.63) is 0 Å². The largest absolute Gasteiger partial charge is 0.352 e. The van der Waals surface area contributed by atoms with Gasteiger partial charge in [-0.25, -0.2) is 0 Å². The Balaban J connectivity index is 3.90. The van der Waals surface area contributed by atoms with Gasteiger partial charge in [0.1, 0.15) is 0 Å². The van der Waals surface area contributed by atoms with Crippen LogP contribution in [-0.4, -0.2) is 18.0 Å². The molecule has 3 heteroatoms. The summed E-state index contributed by atoms with van der Waals surface area (Å²) in [6, 6.07) is -0.119. The summed E-state index contributed by atoms with van der Waals surface area (Å²) in [6.07, 6.45) is 3.97. The fourth-order valence-electron chi connectivity index (χ4n) is 1.38. The van der Waals surface area contributed by atoms with E-state index in [0.717, 1.165) is 25.7 Å². The lowest BCUT2D eigenvalue weighted by molar-refractivity contribution is -0.123. The monoisotopic (exact) mass is 214 g/mol. The van der Waals surface area contributed by atoms with Crippen molar-refractivity contribution in [2.75, 3.05) is 0 Å². The molecule has 0 aromatic rings. The van der Waals surface area contributed by atoms with Gasteiger partial charge in [-0.2, -0.15) is 0 Å². The summed E-state index contributed by atoms with van der Waals surface area (Å²) in [5, 5.41) is 2.98. The lowest BCUT2D eigenvalue weighted by Gasteiger charge is -2.22. The molecule has 0 spiro atoms. The predicted octanol–water partition coefficient (Wildman–Crippen LogP) is 2.05. The minimum Gasteiger partial charge on any atom is -0.352 e. The van der Waals surface area contributed by atoms with Crippen molar-refractivity contribution in [3.63, 3.8) is 0 Å². The highest BCUT2D eigenvalue weighted by molar-refractivity contribution is 5.81. The minimum atomic E-state index is -0.337. The van der Waals surface area contributed by atoms with Gasteiger partial charge in [-0.3, -0.25) is 4.79 Å². The summed E-state index contributed by atoms with van der Waals surface area (Å²) in [7, 11) is 0. The number of hydrogen-bond donors (Lipinski definition) is 2. The molecule has 3 N–H and O–H groups in total. The molecule has 2 unspecified atom stereocenters. The van der Waals surface area contributed by atoms with Crippen LogP contribution < -0.4 is 11.1 Å². The topological polar surface area (TPSA) is 55.1 Å². The van der Waals surface area contributed by atoms with E-state index in [9.17, 15) is 4.79 Å². The summed E-state index contributed by atoms with van der Waals surface area (Å²) in [5.74, 6) is 0.503. The van der Waals surface area contributed by atoms with Crippen molar-refractivity contribution < 1.29 is 4.79 Å². The third kappa shape index (κ3) is 5.78. The third-order valence-corrected chi connectivity index (χ3v) is 3.07. The predicted molar refractivity (Wildman–Crippen MR) is 64.6 cm³/mol. The number of carbonyl (C=O) groups is 1. The van der Waals surface area contributed by atoms with Gasteiger partial charge >= 0.3 is 0 Å². The molecule has 0 fully saturated rings. The van der Waals surface area contributed by atoms with E-state index < -0.39 is 0 Å². The number of nitrogens with two attached hydrogens (primary N) is 1. The van der Waals surface area contributed by atoms with Crippen molar-refractivity contribution in [2.24, 2.45) is 11.7 Å². The van der Waals surface area contributed by atoms with Crippen LogP contribution in [0.1, 0.15) is 53.4 Å². The van der Waals surface area contributed by atoms with Crippen molar-refractivity contribution in [2.45, 2.75) is 65.5 Å². The first kappa shape index (κ1) is 14.4. The molecule has 0 rings (SSSR count). The molecule has 0 saturated carbocycles. The van der Waals surface area contributed by atoms with E-state index in [1.807, 2.05) is 6.92 Å². The van der Waals surface area contributed by atoms with Gasteiger partial charge in [0.25, 0.3) is 0 Å². The number of carbonyl (C=O) groups excluding carboxylic acids is 1. The van der Waals surface area contributed by atoms with Gasteiger partial charge in [0.2, 0.25) is 5.91 Å². The van der Waals surface area contributed by atoms with Gasteiger partial charge in [0, 0.05) is 6.04 Å². The van der Waals surface area contributed by atoms with Gasteiger partial charge < -0.3 is 11.1 Å². The van der Waals surface area contributed by atoms with E-state index in [0.29, 0.717) is 5.92 Å². The summed E-state index contributed by atoms with van der Waals surface area (Å²) >= 11 is 0. The first-order chi connectivity index (χ1) is 7.02. The zero-order valence-electron chi connectivity index (χ0n) is 10.5. The quantitative estimate of drug-likeness (QED) is 0.681. The lowest BCUT2D eigenvalue weighted by atomic mass is 10.0. The first-order valence-corrected chi connectivity index (χ1v) is 6.08. The van der Waals surface area contributed by atoms with E-state index in [2.05, 4.69) is 26.1 Å². The molecule has 0 radical (unpaired) electrons. The van der Waals surface area contributed by atoms with Gasteiger partial charge in [0.05, 0.1) is 6.04 Å². The number of unbranched alkanes of at least 4 members (excludes halogenated alkanes) is 1. The van der Waals surface area contributed by atoms with Crippen LogP contribution in [0.25, 0.3) is 0 Å². The van der Waals surface area contributed by atoms with Crippen LogP contribution in [0.2, 0.25) is 0 Å². The Hall–Kier alpha value is -0.570. The van der Waals surface area contributed by atoms with Crippen molar-refractivity contribution in [1.82, 2.24) is 5.32 Å². The second-order valence-corrected chi connectivity index (χ2v) is 4.43. The van der Waals surface area contributed by atoms with Gasteiger partial charge in [-0.05, 0) is 19.3 Å². The van der Waals surface area contributed by atoms with Crippen LogP contribution in [0.15, 0.2) is 0 Å². The highest BCUT2D eigenvalue weighted by Gasteiger charge is 2.17. The fourth-order valence-corrected chi connectivity index (χ4v) is 1.38. The molecule has 90 valence electrons. The molecule has 0 heterocycles. The smallest absolute Gasteiger partial charge is 0.237 e. The number of rotatable bonds is 7. The van der Waals surface area contributed by atoms with Crippen molar-refractivity contribution in [3.8, 4) is 0 Å². The highest BCUT2D eigenvalue weighted by atomic mass is 16.2. The second-order valence-electron chi connectivity index (χ2n) is 4.43. The van der Waals surface area contributed by atoms with Gasteiger partial charge in [0.15, 0.2) is 0 Å². The van der Waals surface area contributed by atoms with Crippen LogP contribution in [0.5, 0.6) is 0 Å². The van der Waals surface area contributed by atoms with E-state index in [1.165, 1.54) is 0 Å². The van der Waals surface area contributed by atoms with Crippen LogP contribution >= 0.6 is 0 Å². The van der Waals surface area contributed by atoms with Gasteiger partial charge in [-0.1, -0.05) is 40.0 Å². The molecule has 0 aliphatic carbocycles. The summed E-state index contributed by atoms with van der Waals surface area (Å²) in [5.41, 5.74) is 5.78. The Morgan fingerprint density at radius 1 is 1.33 bits per heavy atom. The zero-order valence-corrected chi connectivity index (χ0v) is 10.5. The van der Waals surface area contributed by atoms with Crippen LogP contribution in [0, 0.1) is 5.92 Å². The SMILES string of the molecule is CCCC[C@H](N)C(=O)NC(C)C(C)CC. The standard InChI is InChI=1S/C12H26N2O/c1-5-7-8-11(13)12(15)14-10(4)9(3)6-2/h9-11H,5-8,13H2,1-4H3,(H,14,15)/t9?,10?,11-/m0/s1. The summed E-state index contributed by atoms with van der Waals surface area (Å²) < 4.78 is 0. The Kier molecular flexibility index (Phi) is 7.39. The molecular weight excluding hydrogens is 188 g/mol. The Morgan fingerprint density at radius 3 is 2.40 bits per heavy atom. The number of hydrogen-bond acceptors (Lipinski definition) is 2. The molecule has 15 heavy (non-hydrogen) atoms. The highest BCUT2D eigenvalue weighted by Crippen LogP contribution is 2.07. The number of amides is 1. The molecule has 0 bridgehead atoms. The zero-order chi connectivity index (χ0) is 11.8. The van der Waals surface area contributed by atoms with Crippen molar-refractivity contribution in [1.29, 1.82) is 0 Å². The molecule has 3 nitrogen and oxygen atoms in total. The maximum Gasteiger partial charge on any atom is 0.237 e. The number of nitrogens with one attached hydrogen (secondary N) is 1. The lowest BCUT2D eigenvalue weighted by Crippen LogP contribution is -2.46. The maximum atomic E-state index is 11.6. The van der Waals surface area contributed by atoms with E-state index in [1.54, 1.807) is 0 Å². The Labute approximate surface area is 93.8 Å². The normalized spacial score (nSPS) is 16.9. The molecule has 0 saturated heterocycles. The van der Waals surface area contributed by atoms with Crippen LogP contribution in [-0.2, 0) is 4.79 Å². The van der Waals surface area contributed by atoms with E-state index >= 15 is 0 Å². The molecule has 0 aliphatic rings. The summed E-state index contributed by atoms with van der Waals surface area (Å²) in [6.45, 7) is 8.41. The average Bonchev–Trinajstić information content (AvgIpc) is 2.24. The summed E-state index contributed by atoms with van der Waals surface area (Å²) in [4.78, 5) is 11.6. The molecule has 0 aromatic heterocycles. The Morgan fingerprint density at radius 2 is 1.93 bits per heavy atom. The molecule has 0 aliphatic heterocycles. The molecule has 0 aromatic carbocycles. The third-order valence-electron chi connectivity index (χ3n) is 3.07. The molecule has 3 atom stereocenters. The molecular formula is C12H26N2O. The fraction of sp³-hybridized carbons (Fsp3) is 0.917. The maximum absolute atomic E-state index is 11.6. The minimum absolute atomic E-state index is 0.00347. The second kappa shape index (κ2) is 7.69. The van der Waals surface area contributed by atoms with E-state index in [-0.39, 0.29) is 18.0 Å². The average molecular weight is 214 g/mol.